The van der Waals surface area contributed by atoms with Crippen LogP contribution in [-0.4, -0.2) is 28.4 Å². The van der Waals surface area contributed by atoms with Crippen LogP contribution in [0, 0.1) is 12.8 Å². The normalized spacial score (nSPS) is 23.6. The van der Waals surface area contributed by atoms with Crippen LogP contribution in [0.2, 0.25) is 0 Å². The third-order valence-corrected chi connectivity index (χ3v) is 4.39. The first-order valence-electron chi connectivity index (χ1n) is 7.92. The number of nitrogens with one attached hydrogen (secondary N) is 1. The summed E-state index contributed by atoms with van der Waals surface area (Å²) in [6.07, 6.45) is 2.62. The average Bonchev–Trinajstić information content (AvgIpc) is 2.64. The van der Waals surface area contributed by atoms with Gasteiger partial charge in [0.1, 0.15) is 5.82 Å². The highest BCUT2D eigenvalue weighted by molar-refractivity contribution is 5.51. The van der Waals surface area contributed by atoms with Gasteiger partial charge in [0, 0.05) is 37.8 Å². The van der Waals surface area contributed by atoms with Gasteiger partial charge in [-0.25, -0.2) is 0 Å². The number of rotatable bonds is 4. The fraction of sp³-hybridized carbons (Fsp3) is 0.812. The Bertz CT molecular complexity index is 450. The maximum atomic E-state index is 4.66. The van der Waals surface area contributed by atoms with E-state index >= 15 is 0 Å². The van der Waals surface area contributed by atoms with E-state index in [1.807, 2.05) is 0 Å². The molecule has 0 radical (unpaired) electrons. The third-order valence-electron chi connectivity index (χ3n) is 4.39. The quantitative estimate of drug-likeness (QED) is 0.919. The minimum atomic E-state index is 0.500. The van der Waals surface area contributed by atoms with Gasteiger partial charge in [0.25, 0.3) is 0 Å². The Morgan fingerprint density at radius 2 is 2.00 bits per heavy atom. The molecule has 1 fully saturated rings. The standard InChI is InChI=1S/C16H30N4/c1-11(2)17-9-15-14(5)18-19(6)16(15)20-10-12(3)7-8-13(20)4/h11-13,17H,7-10H2,1-6H3. The van der Waals surface area contributed by atoms with E-state index in [2.05, 4.69) is 61.7 Å². The summed E-state index contributed by atoms with van der Waals surface area (Å²) in [5.41, 5.74) is 2.52. The molecule has 20 heavy (non-hydrogen) atoms. The first-order valence-corrected chi connectivity index (χ1v) is 7.92. The second kappa shape index (κ2) is 6.17. The van der Waals surface area contributed by atoms with Gasteiger partial charge in [-0.2, -0.15) is 5.10 Å². The predicted molar refractivity (Wildman–Crippen MR) is 85.1 cm³/mol. The summed E-state index contributed by atoms with van der Waals surface area (Å²) in [6.45, 7) is 13.3. The molecule has 4 nitrogen and oxygen atoms in total. The zero-order chi connectivity index (χ0) is 14.9. The zero-order valence-corrected chi connectivity index (χ0v) is 13.9. The molecule has 0 spiro atoms. The monoisotopic (exact) mass is 278 g/mol. The predicted octanol–water partition coefficient (Wildman–Crippen LogP) is 2.85. The van der Waals surface area contributed by atoms with Gasteiger partial charge < -0.3 is 10.2 Å². The first-order chi connectivity index (χ1) is 9.40. The molecule has 114 valence electrons. The molecule has 0 aliphatic carbocycles. The summed E-state index contributed by atoms with van der Waals surface area (Å²) < 4.78 is 2.07. The number of piperidine rings is 1. The molecule has 1 aromatic heterocycles. The number of hydrogen-bond acceptors (Lipinski definition) is 3. The summed E-state index contributed by atoms with van der Waals surface area (Å²) in [5, 5.41) is 8.20. The topological polar surface area (TPSA) is 33.1 Å². The lowest BCUT2D eigenvalue weighted by Gasteiger charge is -2.39. The van der Waals surface area contributed by atoms with Crippen LogP contribution in [0.15, 0.2) is 0 Å². The lowest BCUT2D eigenvalue weighted by molar-refractivity contribution is 0.383. The zero-order valence-electron chi connectivity index (χ0n) is 13.9. The number of nitrogens with zero attached hydrogens (tertiary/aromatic N) is 3. The summed E-state index contributed by atoms with van der Waals surface area (Å²) in [4.78, 5) is 2.56. The number of hydrogen-bond donors (Lipinski definition) is 1. The molecule has 1 saturated heterocycles. The third kappa shape index (κ3) is 3.17. The Balaban J connectivity index is 2.29. The lowest BCUT2D eigenvalue weighted by atomic mass is 9.94. The van der Waals surface area contributed by atoms with Crippen molar-refractivity contribution in [3.63, 3.8) is 0 Å². The van der Waals surface area contributed by atoms with E-state index in [0.717, 1.165) is 24.7 Å². The molecule has 1 N–H and O–H groups in total. The van der Waals surface area contributed by atoms with Crippen LogP contribution >= 0.6 is 0 Å². The molecule has 4 heteroatoms. The van der Waals surface area contributed by atoms with Crippen molar-refractivity contribution < 1.29 is 0 Å². The minimum absolute atomic E-state index is 0.500. The Morgan fingerprint density at radius 3 is 2.65 bits per heavy atom. The average molecular weight is 278 g/mol. The van der Waals surface area contributed by atoms with E-state index in [1.54, 1.807) is 0 Å². The highest BCUT2D eigenvalue weighted by Crippen LogP contribution is 2.31. The van der Waals surface area contributed by atoms with E-state index in [4.69, 9.17) is 0 Å². The van der Waals surface area contributed by atoms with Crippen molar-refractivity contribution >= 4 is 5.82 Å². The summed E-state index contributed by atoms with van der Waals surface area (Å²) in [5.74, 6) is 2.09. The first kappa shape index (κ1) is 15.4. The molecule has 0 bridgehead atoms. The number of aromatic nitrogens is 2. The largest absolute Gasteiger partial charge is 0.354 e. The summed E-state index contributed by atoms with van der Waals surface area (Å²) >= 11 is 0. The van der Waals surface area contributed by atoms with E-state index in [-0.39, 0.29) is 0 Å². The van der Waals surface area contributed by atoms with Crippen LogP contribution in [-0.2, 0) is 13.6 Å². The molecule has 1 aliphatic rings. The van der Waals surface area contributed by atoms with Gasteiger partial charge >= 0.3 is 0 Å². The summed E-state index contributed by atoms with van der Waals surface area (Å²) in [6, 6.07) is 1.11. The molecule has 2 rings (SSSR count). The second-order valence-corrected chi connectivity index (χ2v) is 6.73. The lowest BCUT2D eigenvalue weighted by Crippen LogP contribution is -2.42. The summed E-state index contributed by atoms with van der Waals surface area (Å²) in [7, 11) is 2.08. The molecule has 1 aliphatic heterocycles. The number of anilines is 1. The Labute approximate surface area is 123 Å². The molecule has 0 aromatic carbocycles. The van der Waals surface area contributed by atoms with E-state index in [0.29, 0.717) is 12.1 Å². The van der Waals surface area contributed by atoms with Gasteiger partial charge in [-0.1, -0.05) is 20.8 Å². The molecular weight excluding hydrogens is 248 g/mol. The Kier molecular flexibility index (Phi) is 4.74. The fourth-order valence-corrected chi connectivity index (χ4v) is 3.15. The van der Waals surface area contributed by atoms with Crippen molar-refractivity contribution in [3.05, 3.63) is 11.3 Å². The van der Waals surface area contributed by atoms with E-state index in [9.17, 15) is 0 Å². The van der Waals surface area contributed by atoms with Crippen LogP contribution in [0.3, 0.4) is 0 Å². The highest BCUT2D eigenvalue weighted by atomic mass is 15.4. The number of aryl methyl sites for hydroxylation is 2. The van der Waals surface area contributed by atoms with Crippen LogP contribution in [0.4, 0.5) is 5.82 Å². The van der Waals surface area contributed by atoms with Crippen LogP contribution in [0.5, 0.6) is 0 Å². The van der Waals surface area contributed by atoms with Crippen LogP contribution in [0.25, 0.3) is 0 Å². The Hall–Kier alpha value is -1.03. The SMILES string of the molecule is Cc1nn(C)c(N2CC(C)CCC2C)c1CNC(C)C. The molecular formula is C16H30N4. The molecule has 2 atom stereocenters. The Morgan fingerprint density at radius 1 is 1.30 bits per heavy atom. The van der Waals surface area contributed by atoms with Gasteiger partial charge in [-0.15, -0.1) is 0 Å². The molecule has 2 unspecified atom stereocenters. The maximum Gasteiger partial charge on any atom is 0.131 e. The van der Waals surface area contributed by atoms with Crippen molar-refractivity contribution in [2.75, 3.05) is 11.4 Å². The van der Waals surface area contributed by atoms with Crippen molar-refractivity contribution in [3.8, 4) is 0 Å². The van der Waals surface area contributed by atoms with Gasteiger partial charge in [-0.05, 0) is 32.6 Å². The van der Waals surface area contributed by atoms with Gasteiger partial charge in [0.05, 0.1) is 5.69 Å². The molecule has 2 heterocycles. The fourth-order valence-electron chi connectivity index (χ4n) is 3.15. The van der Waals surface area contributed by atoms with Crippen LogP contribution < -0.4 is 10.2 Å². The van der Waals surface area contributed by atoms with Gasteiger partial charge in [0.15, 0.2) is 0 Å². The van der Waals surface area contributed by atoms with E-state index in [1.165, 1.54) is 24.2 Å². The molecule has 1 aromatic rings. The molecule has 0 amide bonds. The van der Waals surface area contributed by atoms with Gasteiger partial charge in [-0.3, -0.25) is 4.68 Å². The van der Waals surface area contributed by atoms with Gasteiger partial charge in [0.2, 0.25) is 0 Å². The van der Waals surface area contributed by atoms with E-state index < -0.39 is 0 Å². The van der Waals surface area contributed by atoms with Crippen molar-refractivity contribution in [2.24, 2.45) is 13.0 Å². The second-order valence-electron chi connectivity index (χ2n) is 6.73. The van der Waals surface area contributed by atoms with Crippen molar-refractivity contribution in [2.45, 2.75) is 66.1 Å². The van der Waals surface area contributed by atoms with Crippen molar-refractivity contribution in [1.82, 2.24) is 15.1 Å². The molecule has 0 saturated carbocycles. The van der Waals surface area contributed by atoms with Crippen molar-refractivity contribution in [1.29, 1.82) is 0 Å². The maximum absolute atomic E-state index is 4.66. The minimum Gasteiger partial charge on any atom is -0.354 e. The smallest absolute Gasteiger partial charge is 0.131 e. The van der Waals surface area contributed by atoms with Crippen LogP contribution in [0.1, 0.15) is 51.8 Å². The highest BCUT2D eigenvalue weighted by Gasteiger charge is 2.28.